The van der Waals surface area contributed by atoms with Crippen LogP contribution in [0.25, 0.3) is 0 Å². The largest absolute Gasteiger partial charge is 0.493 e. The third-order valence-corrected chi connectivity index (χ3v) is 7.61. The van der Waals surface area contributed by atoms with Crippen molar-refractivity contribution in [2.45, 2.75) is 50.8 Å². The van der Waals surface area contributed by atoms with Crippen LogP contribution >= 0.6 is 0 Å². The fourth-order valence-electron chi connectivity index (χ4n) is 6.50. The summed E-state index contributed by atoms with van der Waals surface area (Å²) in [7, 11) is 5.16. The molecule has 0 unspecified atom stereocenters. The molecule has 4 aliphatic carbocycles. The number of nitrogens with zero attached hydrogens (tertiary/aromatic N) is 3. The average molecular weight is 426 g/mol. The Labute approximate surface area is 183 Å². The topological polar surface area (TPSA) is 65.8 Å². The highest BCUT2D eigenvalue weighted by Crippen LogP contribution is 2.57. The lowest BCUT2D eigenvalue weighted by atomic mass is 9.52. The zero-order valence-electron chi connectivity index (χ0n) is 18.5. The van der Waals surface area contributed by atoms with Crippen molar-refractivity contribution in [3.63, 3.8) is 0 Å². The maximum atomic E-state index is 13.3. The first kappa shape index (κ1) is 20.2. The van der Waals surface area contributed by atoms with Crippen molar-refractivity contribution in [3.8, 4) is 17.2 Å². The van der Waals surface area contributed by atoms with Gasteiger partial charge in [0.2, 0.25) is 5.75 Å². The SMILES string of the molecule is COc1cccc(OC)c1OCn1ccc(C(=O)N(C)C23CC4CC(CC(C4)C2)C3)n1. The minimum Gasteiger partial charge on any atom is -0.493 e. The first-order valence-electron chi connectivity index (χ1n) is 11.2. The number of amides is 1. The van der Waals surface area contributed by atoms with Crippen LogP contribution in [0.5, 0.6) is 17.2 Å². The lowest BCUT2D eigenvalue weighted by Crippen LogP contribution is -2.60. The number of carbonyl (C=O) groups excluding carboxylic acids is 1. The van der Waals surface area contributed by atoms with Crippen LogP contribution in [0, 0.1) is 17.8 Å². The molecule has 4 saturated carbocycles. The van der Waals surface area contributed by atoms with Gasteiger partial charge >= 0.3 is 0 Å². The van der Waals surface area contributed by atoms with Crippen LogP contribution in [0.15, 0.2) is 30.5 Å². The van der Waals surface area contributed by atoms with Gasteiger partial charge in [-0.25, -0.2) is 4.68 Å². The third-order valence-electron chi connectivity index (χ3n) is 7.61. The summed E-state index contributed by atoms with van der Waals surface area (Å²) < 4.78 is 18.3. The van der Waals surface area contributed by atoms with E-state index in [9.17, 15) is 4.79 Å². The maximum Gasteiger partial charge on any atom is 0.274 e. The van der Waals surface area contributed by atoms with E-state index in [1.165, 1.54) is 19.3 Å². The summed E-state index contributed by atoms with van der Waals surface area (Å²) in [6, 6.07) is 7.25. The first-order valence-corrected chi connectivity index (χ1v) is 11.2. The zero-order chi connectivity index (χ0) is 21.6. The van der Waals surface area contributed by atoms with Gasteiger partial charge in [0.1, 0.15) is 0 Å². The molecule has 7 nitrogen and oxygen atoms in total. The van der Waals surface area contributed by atoms with Crippen LogP contribution in [-0.4, -0.2) is 47.4 Å². The number of rotatable bonds is 7. The molecule has 1 aromatic heterocycles. The Kier molecular flexibility index (Phi) is 5.07. The van der Waals surface area contributed by atoms with Gasteiger partial charge in [-0.05, 0) is 74.5 Å². The number of methoxy groups -OCH3 is 2. The lowest BCUT2D eigenvalue weighted by Gasteiger charge is -2.59. The molecule has 0 N–H and O–H groups in total. The number of para-hydroxylation sites is 1. The van der Waals surface area contributed by atoms with Gasteiger partial charge in [0, 0.05) is 18.8 Å². The standard InChI is InChI=1S/C24H31N3O4/c1-26(24-12-16-9-17(13-24)11-18(10-16)14-24)23(28)19-7-8-27(25-19)15-31-22-20(29-2)5-4-6-21(22)30-3/h4-8,16-18H,9-15H2,1-3H3. The summed E-state index contributed by atoms with van der Waals surface area (Å²) in [6.45, 7) is 0.158. The first-order chi connectivity index (χ1) is 15.0. The predicted octanol–water partition coefficient (Wildman–Crippen LogP) is 3.98. The summed E-state index contributed by atoms with van der Waals surface area (Å²) in [4.78, 5) is 15.3. The van der Waals surface area contributed by atoms with Crippen molar-refractivity contribution < 1.29 is 19.0 Å². The van der Waals surface area contributed by atoms with E-state index in [1.54, 1.807) is 31.2 Å². The summed E-state index contributed by atoms with van der Waals surface area (Å²) in [5.74, 6) is 4.08. The Hall–Kier alpha value is -2.70. The molecule has 0 atom stereocenters. The normalized spacial score (nSPS) is 28.4. The van der Waals surface area contributed by atoms with E-state index in [-0.39, 0.29) is 18.2 Å². The molecule has 4 fully saturated rings. The summed E-state index contributed by atoms with van der Waals surface area (Å²) in [6.07, 6.45) is 9.32. The van der Waals surface area contributed by atoms with Crippen LogP contribution in [0.3, 0.4) is 0 Å². The van der Waals surface area contributed by atoms with Crippen LogP contribution in [0.1, 0.15) is 49.0 Å². The van der Waals surface area contributed by atoms with E-state index >= 15 is 0 Å². The molecule has 6 rings (SSSR count). The van der Waals surface area contributed by atoms with E-state index < -0.39 is 0 Å². The van der Waals surface area contributed by atoms with E-state index in [4.69, 9.17) is 14.2 Å². The highest BCUT2D eigenvalue weighted by molar-refractivity contribution is 5.92. The Morgan fingerprint density at radius 1 is 1.06 bits per heavy atom. The molecule has 1 heterocycles. The van der Waals surface area contributed by atoms with Crippen molar-refractivity contribution >= 4 is 5.91 Å². The Bertz CT molecular complexity index is 912. The van der Waals surface area contributed by atoms with Gasteiger partial charge in [0.25, 0.3) is 5.91 Å². The van der Waals surface area contributed by atoms with Crippen molar-refractivity contribution in [1.82, 2.24) is 14.7 Å². The average Bonchev–Trinajstić information content (AvgIpc) is 3.24. The second-order valence-corrected chi connectivity index (χ2v) is 9.51. The number of hydrogen-bond donors (Lipinski definition) is 0. The smallest absolute Gasteiger partial charge is 0.274 e. The Morgan fingerprint density at radius 2 is 1.65 bits per heavy atom. The number of carbonyl (C=O) groups is 1. The maximum absolute atomic E-state index is 13.3. The predicted molar refractivity (Wildman–Crippen MR) is 115 cm³/mol. The Morgan fingerprint density at radius 3 is 2.19 bits per heavy atom. The minimum atomic E-state index is 0.00979. The fraction of sp³-hybridized carbons (Fsp3) is 0.583. The molecule has 0 spiro atoms. The van der Waals surface area contributed by atoms with Crippen molar-refractivity contribution in [1.29, 1.82) is 0 Å². The second-order valence-electron chi connectivity index (χ2n) is 9.51. The van der Waals surface area contributed by atoms with Crippen LogP contribution in [-0.2, 0) is 6.73 Å². The van der Waals surface area contributed by atoms with Crippen LogP contribution in [0.4, 0.5) is 0 Å². The Balaban J connectivity index is 1.28. The van der Waals surface area contributed by atoms with Gasteiger partial charge in [-0.3, -0.25) is 4.79 Å². The second kappa shape index (κ2) is 7.77. The van der Waals surface area contributed by atoms with Crippen LogP contribution < -0.4 is 14.2 Å². The van der Waals surface area contributed by atoms with Gasteiger partial charge in [-0.1, -0.05) is 6.07 Å². The molecule has 2 aromatic rings. The molecule has 0 saturated heterocycles. The van der Waals surface area contributed by atoms with Crippen molar-refractivity contribution in [2.75, 3.05) is 21.3 Å². The van der Waals surface area contributed by atoms with Gasteiger partial charge in [0.05, 0.1) is 14.2 Å². The monoisotopic (exact) mass is 425 g/mol. The van der Waals surface area contributed by atoms with Gasteiger partial charge < -0.3 is 19.1 Å². The number of benzene rings is 1. The van der Waals surface area contributed by atoms with Crippen molar-refractivity contribution in [3.05, 3.63) is 36.2 Å². The quantitative estimate of drug-likeness (QED) is 0.671. The highest BCUT2D eigenvalue weighted by Gasteiger charge is 2.54. The molecule has 1 amide bonds. The van der Waals surface area contributed by atoms with Gasteiger partial charge in [-0.15, -0.1) is 0 Å². The molecule has 1 aromatic carbocycles. The van der Waals surface area contributed by atoms with Gasteiger partial charge in [-0.2, -0.15) is 5.10 Å². The number of ether oxygens (including phenoxy) is 3. The fourth-order valence-corrected chi connectivity index (χ4v) is 6.50. The zero-order valence-corrected chi connectivity index (χ0v) is 18.5. The molecule has 0 radical (unpaired) electrons. The van der Waals surface area contributed by atoms with E-state index in [2.05, 4.69) is 5.10 Å². The number of hydrogen-bond acceptors (Lipinski definition) is 5. The van der Waals surface area contributed by atoms with Crippen LogP contribution in [0.2, 0.25) is 0 Å². The van der Waals surface area contributed by atoms with E-state index in [0.717, 1.165) is 37.0 Å². The molecule has 166 valence electrons. The summed E-state index contributed by atoms with van der Waals surface area (Å²) in [5.41, 5.74) is 0.491. The summed E-state index contributed by atoms with van der Waals surface area (Å²) in [5, 5.41) is 4.50. The van der Waals surface area contributed by atoms with Crippen molar-refractivity contribution in [2.24, 2.45) is 17.8 Å². The minimum absolute atomic E-state index is 0.00979. The molecule has 31 heavy (non-hydrogen) atoms. The lowest BCUT2D eigenvalue weighted by molar-refractivity contribution is -0.0667. The summed E-state index contributed by atoms with van der Waals surface area (Å²) >= 11 is 0. The number of aromatic nitrogens is 2. The molecule has 4 aliphatic rings. The molecular formula is C24H31N3O4. The molecular weight excluding hydrogens is 394 g/mol. The van der Waals surface area contributed by atoms with E-state index in [1.807, 2.05) is 30.1 Å². The molecule has 7 heteroatoms. The third kappa shape index (κ3) is 3.54. The highest BCUT2D eigenvalue weighted by atomic mass is 16.5. The molecule has 4 bridgehead atoms. The van der Waals surface area contributed by atoms with Gasteiger partial charge in [0.15, 0.2) is 23.9 Å². The molecule has 0 aliphatic heterocycles. The van der Waals surface area contributed by atoms with E-state index in [0.29, 0.717) is 22.9 Å².